The fraction of sp³-hybridized carbons (Fsp3) is 0.636. The summed E-state index contributed by atoms with van der Waals surface area (Å²) >= 11 is 0. The molecule has 1 aliphatic heterocycles. The summed E-state index contributed by atoms with van der Waals surface area (Å²) in [6.07, 6.45) is 2.61. The van der Waals surface area contributed by atoms with Crippen molar-refractivity contribution in [3.63, 3.8) is 0 Å². The van der Waals surface area contributed by atoms with E-state index in [1.807, 2.05) is 0 Å². The minimum absolute atomic E-state index is 0.349. The Kier molecular flexibility index (Phi) is 3.56. The number of hydrogen-bond donors (Lipinski definition) is 1. The summed E-state index contributed by atoms with van der Waals surface area (Å²) in [6.45, 7) is 3.84. The maximum Gasteiger partial charge on any atom is 0.218 e. The van der Waals surface area contributed by atoms with Gasteiger partial charge in [-0.1, -0.05) is 0 Å². The van der Waals surface area contributed by atoms with E-state index in [1.54, 1.807) is 13.2 Å². The summed E-state index contributed by atoms with van der Waals surface area (Å²) in [5.41, 5.74) is 0. The van der Waals surface area contributed by atoms with Crippen LogP contribution in [0, 0.1) is 5.92 Å². The van der Waals surface area contributed by atoms with Gasteiger partial charge in [0.2, 0.25) is 5.88 Å². The van der Waals surface area contributed by atoms with Crippen LogP contribution < -0.4 is 10.1 Å². The van der Waals surface area contributed by atoms with Crippen molar-refractivity contribution >= 4 is 5.82 Å². The lowest BCUT2D eigenvalue weighted by Gasteiger charge is -2.19. The van der Waals surface area contributed by atoms with Gasteiger partial charge in [-0.05, 0) is 13.3 Å². The van der Waals surface area contributed by atoms with Gasteiger partial charge in [-0.3, -0.25) is 0 Å². The number of methoxy groups -OCH3 is 1. The summed E-state index contributed by atoms with van der Waals surface area (Å²) in [6, 6.07) is 2.15. The van der Waals surface area contributed by atoms with Crippen LogP contribution in [0.15, 0.2) is 12.4 Å². The third-order valence-electron chi connectivity index (χ3n) is 2.90. The molecule has 0 spiro atoms. The first kappa shape index (κ1) is 11.1. The standard InChI is InChI=1S/C11H17N3O2/c1-8(9-3-4-16-6-9)14-10-5-11(15-2)13-7-12-10/h5,7-9H,3-4,6H2,1-2H3,(H,12,13,14). The molecule has 2 rings (SSSR count). The number of aromatic nitrogens is 2. The average Bonchev–Trinajstić information content (AvgIpc) is 2.83. The topological polar surface area (TPSA) is 56.3 Å². The highest BCUT2D eigenvalue weighted by molar-refractivity contribution is 5.38. The molecule has 1 N–H and O–H groups in total. The second kappa shape index (κ2) is 5.12. The van der Waals surface area contributed by atoms with Crippen LogP contribution in [0.3, 0.4) is 0 Å². The molecule has 16 heavy (non-hydrogen) atoms. The van der Waals surface area contributed by atoms with E-state index in [1.165, 1.54) is 6.33 Å². The molecule has 5 nitrogen and oxygen atoms in total. The Balaban J connectivity index is 1.96. The van der Waals surface area contributed by atoms with Gasteiger partial charge in [-0.2, -0.15) is 0 Å². The van der Waals surface area contributed by atoms with Gasteiger partial charge in [-0.25, -0.2) is 9.97 Å². The zero-order valence-electron chi connectivity index (χ0n) is 9.64. The van der Waals surface area contributed by atoms with E-state index >= 15 is 0 Å². The summed E-state index contributed by atoms with van der Waals surface area (Å²) in [5.74, 6) is 1.93. The third kappa shape index (κ3) is 2.61. The molecule has 5 heteroatoms. The van der Waals surface area contributed by atoms with E-state index in [0.717, 1.165) is 25.5 Å². The van der Waals surface area contributed by atoms with Crippen LogP contribution in [0.1, 0.15) is 13.3 Å². The number of ether oxygens (including phenoxy) is 2. The molecule has 1 fully saturated rings. The first-order chi connectivity index (χ1) is 7.79. The Morgan fingerprint density at radius 3 is 3.12 bits per heavy atom. The summed E-state index contributed by atoms with van der Waals surface area (Å²) < 4.78 is 10.4. The SMILES string of the molecule is COc1cc(NC(C)C2CCOC2)ncn1. The van der Waals surface area contributed by atoms with Crippen LogP contribution >= 0.6 is 0 Å². The molecule has 1 saturated heterocycles. The first-order valence-corrected chi connectivity index (χ1v) is 5.50. The van der Waals surface area contributed by atoms with E-state index in [0.29, 0.717) is 17.8 Å². The molecule has 1 aliphatic rings. The van der Waals surface area contributed by atoms with Gasteiger partial charge >= 0.3 is 0 Å². The van der Waals surface area contributed by atoms with Crippen LogP contribution in [0.2, 0.25) is 0 Å². The van der Waals surface area contributed by atoms with E-state index in [2.05, 4.69) is 22.2 Å². The first-order valence-electron chi connectivity index (χ1n) is 5.50. The molecule has 88 valence electrons. The lowest BCUT2D eigenvalue weighted by Crippen LogP contribution is -2.26. The molecule has 0 aliphatic carbocycles. The number of anilines is 1. The Hall–Kier alpha value is -1.36. The second-order valence-corrected chi connectivity index (χ2v) is 4.00. The lowest BCUT2D eigenvalue weighted by molar-refractivity contribution is 0.183. The summed E-state index contributed by atoms with van der Waals surface area (Å²) in [5, 5.41) is 3.35. The smallest absolute Gasteiger partial charge is 0.218 e. The zero-order chi connectivity index (χ0) is 11.4. The third-order valence-corrected chi connectivity index (χ3v) is 2.90. The van der Waals surface area contributed by atoms with Crippen molar-refractivity contribution in [2.75, 3.05) is 25.6 Å². The van der Waals surface area contributed by atoms with Crippen molar-refractivity contribution in [3.8, 4) is 5.88 Å². The molecule has 1 aromatic heterocycles. The van der Waals surface area contributed by atoms with Crippen LogP contribution in [0.25, 0.3) is 0 Å². The van der Waals surface area contributed by atoms with Crippen LogP contribution in [0.4, 0.5) is 5.82 Å². The maximum absolute atomic E-state index is 5.36. The normalized spacial score (nSPS) is 21.8. The van der Waals surface area contributed by atoms with Crippen molar-refractivity contribution in [2.24, 2.45) is 5.92 Å². The molecule has 2 heterocycles. The average molecular weight is 223 g/mol. The van der Waals surface area contributed by atoms with E-state index in [4.69, 9.17) is 9.47 Å². The Morgan fingerprint density at radius 1 is 1.56 bits per heavy atom. The van der Waals surface area contributed by atoms with E-state index < -0.39 is 0 Å². The predicted molar refractivity (Wildman–Crippen MR) is 60.6 cm³/mol. The van der Waals surface area contributed by atoms with Gasteiger partial charge in [0.15, 0.2) is 0 Å². The Morgan fingerprint density at radius 2 is 2.44 bits per heavy atom. The number of rotatable bonds is 4. The van der Waals surface area contributed by atoms with Crippen molar-refractivity contribution in [1.82, 2.24) is 9.97 Å². The number of hydrogen-bond acceptors (Lipinski definition) is 5. The van der Waals surface area contributed by atoms with Crippen molar-refractivity contribution in [3.05, 3.63) is 12.4 Å². The highest BCUT2D eigenvalue weighted by Gasteiger charge is 2.22. The van der Waals surface area contributed by atoms with Gasteiger partial charge in [0.1, 0.15) is 12.1 Å². The highest BCUT2D eigenvalue weighted by Crippen LogP contribution is 2.20. The van der Waals surface area contributed by atoms with Crippen molar-refractivity contribution < 1.29 is 9.47 Å². The fourth-order valence-corrected chi connectivity index (χ4v) is 1.83. The molecular weight excluding hydrogens is 206 g/mol. The molecular formula is C11H17N3O2. The minimum Gasteiger partial charge on any atom is -0.481 e. The zero-order valence-corrected chi connectivity index (χ0v) is 9.64. The lowest BCUT2D eigenvalue weighted by atomic mass is 10.0. The largest absolute Gasteiger partial charge is 0.481 e. The van der Waals surface area contributed by atoms with Gasteiger partial charge in [0, 0.05) is 24.6 Å². The molecule has 2 atom stereocenters. The molecule has 0 radical (unpaired) electrons. The summed E-state index contributed by atoms with van der Waals surface area (Å²) in [7, 11) is 1.60. The van der Waals surface area contributed by atoms with Gasteiger partial charge in [0.05, 0.1) is 13.7 Å². The fourth-order valence-electron chi connectivity index (χ4n) is 1.83. The van der Waals surface area contributed by atoms with Gasteiger partial charge in [0.25, 0.3) is 0 Å². The molecule has 1 aromatic rings. The van der Waals surface area contributed by atoms with Crippen molar-refractivity contribution in [1.29, 1.82) is 0 Å². The van der Waals surface area contributed by atoms with Crippen LogP contribution in [-0.4, -0.2) is 36.3 Å². The predicted octanol–water partition coefficient (Wildman–Crippen LogP) is 1.32. The monoisotopic (exact) mass is 223 g/mol. The molecule has 0 amide bonds. The van der Waals surface area contributed by atoms with Crippen LogP contribution in [0.5, 0.6) is 5.88 Å². The van der Waals surface area contributed by atoms with Gasteiger partial charge in [-0.15, -0.1) is 0 Å². The number of nitrogens with zero attached hydrogens (tertiary/aromatic N) is 2. The number of nitrogens with one attached hydrogen (secondary N) is 1. The Bertz CT molecular complexity index is 340. The highest BCUT2D eigenvalue weighted by atomic mass is 16.5. The maximum atomic E-state index is 5.36. The molecule has 0 saturated carbocycles. The molecule has 2 unspecified atom stereocenters. The second-order valence-electron chi connectivity index (χ2n) is 4.00. The summed E-state index contributed by atoms with van der Waals surface area (Å²) in [4.78, 5) is 8.12. The van der Waals surface area contributed by atoms with E-state index in [-0.39, 0.29) is 0 Å². The molecule has 0 bridgehead atoms. The quantitative estimate of drug-likeness (QED) is 0.834. The van der Waals surface area contributed by atoms with Crippen molar-refractivity contribution in [2.45, 2.75) is 19.4 Å². The van der Waals surface area contributed by atoms with Gasteiger partial charge < -0.3 is 14.8 Å². The molecule has 0 aromatic carbocycles. The van der Waals surface area contributed by atoms with E-state index in [9.17, 15) is 0 Å². The van der Waals surface area contributed by atoms with Crippen LogP contribution in [-0.2, 0) is 4.74 Å². The Labute approximate surface area is 95.2 Å². The minimum atomic E-state index is 0.349.